The highest BCUT2D eigenvalue weighted by Crippen LogP contribution is 2.26. The van der Waals surface area contributed by atoms with E-state index >= 15 is 0 Å². The third-order valence-electron chi connectivity index (χ3n) is 3.52. The van der Waals surface area contributed by atoms with Crippen molar-refractivity contribution in [2.24, 2.45) is 5.73 Å². The fourth-order valence-corrected chi connectivity index (χ4v) is 2.34. The third-order valence-corrected chi connectivity index (χ3v) is 3.52. The van der Waals surface area contributed by atoms with E-state index in [9.17, 15) is 0 Å². The normalized spacial score (nSPS) is 12.0. The Hall–Kier alpha value is -2.00. The largest absolute Gasteiger partial charge is 0.497 e. The van der Waals surface area contributed by atoms with Gasteiger partial charge in [-0.25, -0.2) is 0 Å². The predicted molar refractivity (Wildman–Crippen MR) is 85.9 cm³/mol. The smallest absolute Gasteiger partial charge is 0.124 e. The maximum atomic E-state index is 6.33. The van der Waals surface area contributed by atoms with Gasteiger partial charge in [-0.15, -0.1) is 0 Å². The maximum absolute atomic E-state index is 6.33. The molecule has 0 fully saturated rings. The minimum atomic E-state index is -0.0187. The molecule has 1 atom stereocenters. The van der Waals surface area contributed by atoms with Crippen LogP contribution in [0.15, 0.2) is 48.5 Å². The molecule has 21 heavy (non-hydrogen) atoms. The minimum Gasteiger partial charge on any atom is -0.497 e. The van der Waals surface area contributed by atoms with Gasteiger partial charge in [-0.1, -0.05) is 30.3 Å². The average molecular weight is 285 g/mol. The van der Waals surface area contributed by atoms with Crippen LogP contribution in [0.5, 0.6) is 11.5 Å². The monoisotopic (exact) mass is 285 g/mol. The molecule has 2 aromatic carbocycles. The fraction of sp³-hybridized carbons (Fsp3) is 0.333. The molecule has 0 heterocycles. The Balaban J connectivity index is 1.99. The summed E-state index contributed by atoms with van der Waals surface area (Å²) in [6, 6.07) is 16.1. The predicted octanol–water partition coefficient (Wildman–Crippen LogP) is 3.73. The molecule has 0 amide bonds. The van der Waals surface area contributed by atoms with Gasteiger partial charge in [-0.3, -0.25) is 0 Å². The second kappa shape index (κ2) is 7.70. The SMILES string of the molecule is CCOc1ccccc1C(N)CCc1ccc(OC)cc1. The topological polar surface area (TPSA) is 44.5 Å². The van der Waals surface area contributed by atoms with E-state index in [1.807, 2.05) is 43.3 Å². The number of benzene rings is 2. The van der Waals surface area contributed by atoms with Gasteiger partial charge in [0.05, 0.1) is 13.7 Å². The molecule has 3 nitrogen and oxygen atoms in total. The number of methoxy groups -OCH3 is 1. The Labute approximate surface area is 126 Å². The molecule has 112 valence electrons. The summed E-state index contributed by atoms with van der Waals surface area (Å²) in [6.07, 6.45) is 1.82. The first kappa shape index (κ1) is 15.4. The minimum absolute atomic E-state index is 0.0187. The third kappa shape index (κ3) is 4.23. The molecule has 0 spiro atoms. The van der Waals surface area contributed by atoms with Crippen molar-refractivity contribution in [2.75, 3.05) is 13.7 Å². The first-order chi connectivity index (χ1) is 10.2. The van der Waals surface area contributed by atoms with Crippen LogP contribution < -0.4 is 15.2 Å². The van der Waals surface area contributed by atoms with E-state index in [1.165, 1.54) is 5.56 Å². The molecule has 0 saturated heterocycles. The lowest BCUT2D eigenvalue weighted by Crippen LogP contribution is -2.13. The first-order valence-corrected chi connectivity index (χ1v) is 7.34. The number of hydrogen-bond acceptors (Lipinski definition) is 3. The van der Waals surface area contributed by atoms with E-state index < -0.39 is 0 Å². The molecule has 0 bridgehead atoms. The van der Waals surface area contributed by atoms with E-state index in [-0.39, 0.29) is 6.04 Å². The van der Waals surface area contributed by atoms with E-state index in [0.29, 0.717) is 6.61 Å². The summed E-state index contributed by atoms with van der Waals surface area (Å²) in [4.78, 5) is 0. The van der Waals surface area contributed by atoms with E-state index in [0.717, 1.165) is 29.9 Å². The van der Waals surface area contributed by atoms with Gasteiger partial charge in [0.25, 0.3) is 0 Å². The highest BCUT2D eigenvalue weighted by Gasteiger charge is 2.11. The molecule has 2 rings (SSSR count). The molecule has 0 radical (unpaired) electrons. The summed E-state index contributed by atoms with van der Waals surface area (Å²) >= 11 is 0. The van der Waals surface area contributed by atoms with E-state index in [4.69, 9.17) is 15.2 Å². The van der Waals surface area contributed by atoms with Gasteiger partial charge in [-0.05, 0) is 43.5 Å². The lowest BCUT2D eigenvalue weighted by atomic mass is 9.99. The van der Waals surface area contributed by atoms with Crippen LogP contribution in [0.2, 0.25) is 0 Å². The summed E-state index contributed by atoms with van der Waals surface area (Å²) < 4.78 is 10.8. The average Bonchev–Trinajstić information content (AvgIpc) is 2.54. The zero-order valence-corrected chi connectivity index (χ0v) is 12.7. The Morgan fingerprint density at radius 3 is 2.43 bits per heavy atom. The van der Waals surface area contributed by atoms with Crippen LogP contribution in [-0.4, -0.2) is 13.7 Å². The zero-order valence-electron chi connectivity index (χ0n) is 12.7. The van der Waals surface area contributed by atoms with Gasteiger partial charge in [-0.2, -0.15) is 0 Å². The molecule has 0 aliphatic heterocycles. The Morgan fingerprint density at radius 1 is 1.05 bits per heavy atom. The quantitative estimate of drug-likeness (QED) is 0.843. The van der Waals surface area contributed by atoms with Crippen LogP contribution in [0.4, 0.5) is 0 Å². The van der Waals surface area contributed by atoms with E-state index in [1.54, 1.807) is 7.11 Å². The van der Waals surface area contributed by atoms with Crippen molar-refractivity contribution < 1.29 is 9.47 Å². The molecule has 0 aliphatic carbocycles. The Morgan fingerprint density at radius 2 is 1.76 bits per heavy atom. The van der Waals surface area contributed by atoms with Gasteiger partial charge in [0.2, 0.25) is 0 Å². The molecule has 1 unspecified atom stereocenters. The number of rotatable bonds is 7. The number of para-hydroxylation sites is 1. The lowest BCUT2D eigenvalue weighted by molar-refractivity contribution is 0.333. The summed E-state index contributed by atoms with van der Waals surface area (Å²) in [5.74, 6) is 1.77. The molecule has 2 aromatic rings. The van der Waals surface area contributed by atoms with Crippen molar-refractivity contribution >= 4 is 0 Å². The van der Waals surface area contributed by atoms with Crippen LogP contribution in [0.1, 0.15) is 30.5 Å². The molecule has 0 aliphatic rings. The van der Waals surface area contributed by atoms with Crippen LogP contribution in [0.3, 0.4) is 0 Å². The number of aryl methyl sites for hydroxylation is 1. The van der Waals surface area contributed by atoms with Crippen LogP contribution in [-0.2, 0) is 6.42 Å². The maximum Gasteiger partial charge on any atom is 0.124 e. The van der Waals surface area contributed by atoms with Crippen molar-refractivity contribution in [3.05, 3.63) is 59.7 Å². The first-order valence-electron chi connectivity index (χ1n) is 7.34. The molecule has 2 N–H and O–H groups in total. The van der Waals surface area contributed by atoms with Gasteiger partial charge in [0.15, 0.2) is 0 Å². The molecule has 0 aromatic heterocycles. The van der Waals surface area contributed by atoms with Crippen molar-refractivity contribution in [1.82, 2.24) is 0 Å². The van der Waals surface area contributed by atoms with Crippen LogP contribution in [0, 0.1) is 0 Å². The van der Waals surface area contributed by atoms with E-state index in [2.05, 4.69) is 12.1 Å². The highest BCUT2D eigenvalue weighted by atomic mass is 16.5. The number of nitrogens with two attached hydrogens (primary N) is 1. The Kier molecular flexibility index (Phi) is 5.64. The second-order valence-corrected chi connectivity index (χ2v) is 4.96. The van der Waals surface area contributed by atoms with Gasteiger partial charge in [0.1, 0.15) is 11.5 Å². The molecule has 0 saturated carbocycles. The zero-order chi connectivity index (χ0) is 15.1. The molecular weight excluding hydrogens is 262 g/mol. The summed E-state index contributed by atoms with van der Waals surface area (Å²) in [7, 11) is 1.68. The van der Waals surface area contributed by atoms with Crippen LogP contribution in [0.25, 0.3) is 0 Å². The van der Waals surface area contributed by atoms with Gasteiger partial charge < -0.3 is 15.2 Å². The fourth-order valence-electron chi connectivity index (χ4n) is 2.34. The Bertz CT molecular complexity index is 551. The van der Waals surface area contributed by atoms with Crippen molar-refractivity contribution in [3.8, 4) is 11.5 Å². The molecule has 3 heteroatoms. The summed E-state index contributed by atoms with van der Waals surface area (Å²) in [5, 5.41) is 0. The standard InChI is InChI=1S/C18H23NO2/c1-3-21-18-7-5-4-6-16(18)17(19)13-10-14-8-11-15(20-2)12-9-14/h4-9,11-12,17H,3,10,13,19H2,1-2H3. The van der Waals surface area contributed by atoms with Crippen molar-refractivity contribution in [3.63, 3.8) is 0 Å². The van der Waals surface area contributed by atoms with Crippen molar-refractivity contribution in [1.29, 1.82) is 0 Å². The summed E-state index contributed by atoms with van der Waals surface area (Å²) in [5.41, 5.74) is 8.67. The number of ether oxygens (including phenoxy) is 2. The second-order valence-electron chi connectivity index (χ2n) is 4.96. The van der Waals surface area contributed by atoms with Gasteiger partial charge in [0, 0.05) is 11.6 Å². The number of hydrogen-bond donors (Lipinski definition) is 1. The summed E-state index contributed by atoms with van der Waals surface area (Å²) in [6.45, 7) is 2.64. The highest BCUT2D eigenvalue weighted by molar-refractivity contribution is 5.36. The van der Waals surface area contributed by atoms with Crippen LogP contribution >= 0.6 is 0 Å². The van der Waals surface area contributed by atoms with Gasteiger partial charge >= 0.3 is 0 Å². The van der Waals surface area contributed by atoms with Crippen molar-refractivity contribution in [2.45, 2.75) is 25.8 Å². The lowest BCUT2D eigenvalue weighted by Gasteiger charge is -2.16. The molecular formula is C18H23NO2.